The van der Waals surface area contributed by atoms with Gasteiger partial charge in [-0.3, -0.25) is 25.0 Å². The van der Waals surface area contributed by atoms with E-state index < -0.39 is 28.6 Å². The second-order valence-electron chi connectivity index (χ2n) is 7.19. The highest BCUT2D eigenvalue weighted by Gasteiger charge is 2.37. The van der Waals surface area contributed by atoms with E-state index in [4.69, 9.17) is 4.74 Å². The van der Waals surface area contributed by atoms with Crippen LogP contribution >= 0.6 is 0 Å². The molecule has 0 aliphatic carbocycles. The van der Waals surface area contributed by atoms with Crippen LogP contribution in [0.1, 0.15) is 11.1 Å². The van der Waals surface area contributed by atoms with Crippen molar-refractivity contribution in [3.8, 4) is 5.75 Å². The maximum atomic E-state index is 14.1. The van der Waals surface area contributed by atoms with Gasteiger partial charge in [-0.15, -0.1) is 0 Å². The van der Waals surface area contributed by atoms with Gasteiger partial charge >= 0.3 is 6.03 Å². The van der Waals surface area contributed by atoms with Gasteiger partial charge in [-0.25, -0.2) is 14.1 Å². The first kappa shape index (κ1) is 22.3. The van der Waals surface area contributed by atoms with E-state index in [1.54, 1.807) is 36.4 Å². The fourth-order valence-corrected chi connectivity index (χ4v) is 3.22. The molecule has 10 heteroatoms. The van der Waals surface area contributed by atoms with Crippen molar-refractivity contribution in [2.45, 2.75) is 6.61 Å². The van der Waals surface area contributed by atoms with Crippen molar-refractivity contribution < 1.29 is 28.4 Å². The van der Waals surface area contributed by atoms with Crippen LogP contribution in [0.25, 0.3) is 6.08 Å². The number of hydrogen-bond acceptors (Lipinski definition) is 6. The first-order valence-corrected chi connectivity index (χ1v) is 9.95. The average Bonchev–Trinajstić information content (AvgIpc) is 2.82. The summed E-state index contributed by atoms with van der Waals surface area (Å²) in [5.74, 6) is -2.13. The molecule has 0 spiro atoms. The number of halogens is 1. The number of urea groups is 1. The maximum Gasteiger partial charge on any atom is 0.336 e. The molecule has 0 saturated carbocycles. The molecule has 9 nitrogen and oxygen atoms in total. The van der Waals surface area contributed by atoms with Gasteiger partial charge in [0.25, 0.3) is 17.5 Å². The summed E-state index contributed by atoms with van der Waals surface area (Å²) in [5.41, 5.74) is 0.599. The second kappa shape index (κ2) is 9.33. The van der Waals surface area contributed by atoms with Crippen LogP contribution in [0, 0.1) is 15.9 Å². The number of amides is 4. The quantitative estimate of drug-likeness (QED) is 0.257. The number of carbonyl (C=O) groups is 3. The molecule has 1 fully saturated rings. The van der Waals surface area contributed by atoms with Gasteiger partial charge in [-0.2, -0.15) is 0 Å². The summed E-state index contributed by atoms with van der Waals surface area (Å²) in [6.45, 7) is 0.180. The molecule has 0 bridgehead atoms. The lowest BCUT2D eigenvalue weighted by molar-refractivity contribution is -0.384. The lowest BCUT2D eigenvalue weighted by Gasteiger charge is -2.26. The molecule has 4 amide bonds. The van der Waals surface area contributed by atoms with Gasteiger partial charge in [0.15, 0.2) is 0 Å². The number of imide groups is 2. The third-order valence-corrected chi connectivity index (χ3v) is 4.94. The zero-order valence-electron chi connectivity index (χ0n) is 17.4. The van der Waals surface area contributed by atoms with E-state index in [1.807, 2.05) is 5.32 Å². The highest BCUT2D eigenvalue weighted by atomic mass is 19.1. The Kier molecular flexibility index (Phi) is 6.13. The summed E-state index contributed by atoms with van der Waals surface area (Å²) in [6.07, 6.45) is 1.29. The van der Waals surface area contributed by atoms with E-state index >= 15 is 0 Å². The molecule has 1 heterocycles. The normalized spacial score (nSPS) is 14.8. The molecule has 3 aromatic rings. The Bertz CT molecular complexity index is 1320. The number of nitro benzene ring substituents is 1. The van der Waals surface area contributed by atoms with Crippen molar-refractivity contribution in [1.29, 1.82) is 0 Å². The smallest absolute Gasteiger partial charge is 0.336 e. The highest BCUT2D eigenvalue weighted by molar-refractivity contribution is 6.39. The van der Waals surface area contributed by atoms with Gasteiger partial charge in [0, 0.05) is 12.1 Å². The van der Waals surface area contributed by atoms with Gasteiger partial charge < -0.3 is 4.74 Å². The van der Waals surface area contributed by atoms with Crippen molar-refractivity contribution >= 4 is 35.3 Å². The number of non-ortho nitro benzene ring substituents is 1. The van der Waals surface area contributed by atoms with Crippen LogP contribution in [0.3, 0.4) is 0 Å². The van der Waals surface area contributed by atoms with Crippen LogP contribution in [-0.4, -0.2) is 22.8 Å². The summed E-state index contributed by atoms with van der Waals surface area (Å²) in [6, 6.07) is 16.6. The molecule has 0 unspecified atom stereocenters. The number of para-hydroxylation sites is 1. The molecule has 170 valence electrons. The van der Waals surface area contributed by atoms with E-state index in [0.29, 0.717) is 16.2 Å². The number of ether oxygens (including phenoxy) is 1. The summed E-state index contributed by atoms with van der Waals surface area (Å²) in [4.78, 5) is 48.1. The van der Waals surface area contributed by atoms with E-state index in [0.717, 1.165) is 11.6 Å². The molecule has 1 N–H and O–H groups in total. The molecule has 0 aromatic heterocycles. The van der Waals surface area contributed by atoms with E-state index in [9.17, 15) is 28.9 Å². The van der Waals surface area contributed by atoms with E-state index in [2.05, 4.69) is 0 Å². The fraction of sp³-hybridized carbons (Fsp3) is 0.0417. The third kappa shape index (κ3) is 4.65. The van der Waals surface area contributed by atoms with Crippen LogP contribution in [0.15, 0.2) is 78.4 Å². The number of hydrogen-bond donors (Lipinski definition) is 1. The van der Waals surface area contributed by atoms with Gasteiger partial charge in [0.2, 0.25) is 0 Å². The van der Waals surface area contributed by atoms with Crippen molar-refractivity contribution in [3.05, 3.63) is 105 Å². The van der Waals surface area contributed by atoms with Crippen molar-refractivity contribution in [2.24, 2.45) is 0 Å². The average molecular weight is 461 g/mol. The Morgan fingerprint density at radius 1 is 0.971 bits per heavy atom. The topological polar surface area (TPSA) is 119 Å². The van der Waals surface area contributed by atoms with Gasteiger partial charge in [-0.05, 0) is 53.6 Å². The lowest BCUT2D eigenvalue weighted by Crippen LogP contribution is -2.54. The number of carbonyl (C=O) groups excluding carboxylic acids is 3. The Labute approximate surface area is 192 Å². The van der Waals surface area contributed by atoms with Gasteiger partial charge in [0.05, 0.1) is 10.6 Å². The zero-order chi connectivity index (χ0) is 24.2. The molecule has 0 radical (unpaired) electrons. The molecule has 1 aliphatic heterocycles. The largest absolute Gasteiger partial charge is 0.489 e. The fourth-order valence-electron chi connectivity index (χ4n) is 3.22. The van der Waals surface area contributed by atoms with Crippen molar-refractivity contribution in [3.63, 3.8) is 0 Å². The molecule has 4 rings (SSSR count). The predicted octanol–water partition coefficient (Wildman–Crippen LogP) is 3.98. The Balaban J connectivity index is 1.49. The van der Waals surface area contributed by atoms with Crippen LogP contribution in [0.5, 0.6) is 5.75 Å². The van der Waals surface area contributed by atoms with E-state index in [-0.39, 0.29) is 23.6 Å². The predicted molar refractivity (Wildman–Crippen MR) is 119 cm³/mol. The van der Waals surface area contributed by atoms with Crippen LogP contribution in [0.2, 0.25) is 0 Å². The molecular weight excluding hydrogens is 445 g/mol. The van der Waals surface area contributed by atoms with Crippen LogP contribution in [0.4, 0.5) is 20.6 Å². The number of anilines is 1. The first-order valence-electron chi connectivity index (χ1n) is 9.95. The number of benzene rings is 3. The number of nitrogens with zero attached hydrogens (tertiary/aromatic N) is 2. The molecular formula is C24H16FN3O6. The Morgan fingerprint density at radius 2 is 1.65 bits per heavy atom. The number of nitro groups is 1. The van der Waals surface area contributed by atoms with Crippen LogP contribution < -0.4 is 15.0 Å². The summed E-state index contributed by atoms with van der Waals surface area (Å²) < 4.78 is 19.8. The second-order valence-corrected chi connectivity index (χ2v) is 7.19. The number of nitrogens with one attached hydrogen (secondary N) is 1. The minimum Gasteiger partial charge on any atom is -0.489 e. The summed E-state index contributed by atoms with van der Waals surface area (Å²) in [5, 5.41) is 12.8. The molecule has 3 aromatic carbocycles. The summed E-state index contributed by atoms with van der Waals surface area (Å²) in [7, 11) is 0. The van der Waals surface area contributed by atoms with E-state index in [1.165, 1.54) is 36.4 Å². The third-order valence-electron chi connectivity index (χ3n) is 4.94. The van der Waals surface area contributed by atoms with Gasteiger partial charge in [0.1, 0.15) is 23.7 Å². The minimum absolute atomic E-state index is 0.0160. The number of rotatable bonds is 6. The molecule has 0 atom stereocenters. The zero-order valence-corrected chi connectivity index (χ0v) is 17.4. The highest BCUT2D eigenvalue weighted by Crippen LogP contribution is 2.25. The van der Waals surface area contributed by atoms with Crippen molar-refractivity contribution in [2.75, 3.05) is 4.90 Å². The lowest BCUT2D eigenvalue weighted by atomic mass is 10.1. The minimum atomic E-state index is -1.03. The van der Waals surface area contributed by atoms with Gasteiger partial charge in [-0.1, -0.05) is 24.3 Å². The molecule has 1 saturated heterocycles. The Hall–Kier alpha value is -4.86. The van der Waals surface area contributed by atoms with Crippen molar-refractivity contribution in [1.82, 2.24) is 5.32 Å². The Morgan fingerprint density at radius 3 is 2.29 bits per heavy atom. The number of barbiturate groups is 1. The summed E-state index contributed by atoms with van der Waals surface area (Å²) >= 11 is 0. The monoisotopic (exact) mass is 461 g/mol. The molecule has 34 heavy (non-hydrogen) atoms. The molecule has 1 aliphatic rings. The maximum absolute atomic E-state index is 14.1. The van der Waals surface area contributed by atoms with Crippen LogP contribution in [-0.2, 0) is 16.2 Å². The first-order chi connectivity index (χ1) is 16.3. The SMILES string of the molecule is O=C1NC(=O)N(c2ccccc2F)C(=O)/C1=C/c1ccc(OCc2ccc([N+](=O)[O-])cc2)cc1. The standard InChI is InChI=1S/C24H16FN3O6/c25-20-3-1-2-4-21(20)27-23(30)19(22(29)26-24(27)31)13-15-7-11-18(12-8-15)34-14-16-5-9-17(10-6-16)28(32)33/h1-13H,14H2,(H,26,29,31)/b19-13+.